The van der Waals surface area contributed by atoms with E-state index in [1.54, 1.807) is 25.2 Å². The van der Waals surface area contributed by atoms with Crippen LogP contribution >= 0.6 is 23.2 Å². The maximum Gasteiger partial charge on any atom is 0.154 e. The Hall–Kier alpha value is -1.52. The topological polar surface area (TPSA) is 42.2 Å². The van der Waals surface area contributed by atoms with Crippen LogP contribution in [0.1, 0.15) is 0 Å². The van der Waals surface area contributed by atoms with E-state index in [0.29, 0.717) is 16.5 Å². The molecule has 0 aliphatic carbocycles. The number of hydrogen-bond donors (Lipinski definition) is 1. The van der Waals surface area contributed by atoms with Crippen molar-refractivity contribution in [2.45, 2.75) is 0 Å². The summed E-state index contributed by atoms with van der Waals surface area (Å²) in [7, 11) is 1.65. The minimum absolute atomic E-state index is 0.152. The number of nitrogens with two attached hydrogens (primary N) is 1. The summed E-state index contributed by atoms with van der Waals surface area (Å²) in [6.45, 7) is 0. The Kier molecular flexibility index (Phi) is 3.59. The monoisotopic (exact) mass is 285 g/mol. The molecule has 2 N–H and O–H groups in total. The number of aromatic nitrogens is 1. The van der Waals surface area contributed by atoms with E-state index in [1.807, 2.05) is 0 Å². The predicted molar refractivity (Wildman–Crippen MR) is 73.1 cm³/mol. The van der Waals surface area contributed by atoms with Gasteiger partial charge >= 0.3 is 0 Å². The van der Waals surface area contributed by atoms with Gasteiger partial charge in [-0.2, -0.15) is 0 Å². The molecule has 0 fully saturated rings. The van der Waals surface area contributed by atoms with Crippen molar-refractivity contribution in [3.05, 3.63) is 46.2 Å². The van der Waals surface area contributed by atoms with E-state index in [1.165, 1.54) is 17.0 Å². The molecule has 2 aromatic rings. The number of rotatable bonds is 2. The highest BCUT2D eigenvalue weighted by Gasteiger charge is 2.15. The van der Waals surface area contributed by atoms with E-state index >= 15 is 0 Å². The van der Waals surface area contributed by atoms with Crippen molar-refractivity contribution in [3.63, 3.8) is 0 Å². The summed E-state index contributed by atoms with van der Waals surface area (Å²) in [5.74, 6) is 0.134. The molecular weight excluding hydrogens is 276 g/mol. The molecule has 0 aliphatic heterocycles. The number of halogens is 3. The third-order valence-electron chi connectivity index (χ3n) is 2.47. The lowest BCUT2D eigenvalue weighted by Crippen LogP contribution is -2.14. The molecule has 0 atom stereocenters. The van der Waals surface area contributed by atoms with Crippen LogP contribution in [0.15, 0.2) is 30.3 Å². The molecule has 0 amide bonds. The second-order valence-corrected chi connectivity index (χ2v) is 4.49. The molecule has 18 heavy (non-hydrogen) atoms. The molecule has 0 radical (unpaired) electrons. The highest BCUT2D eigenvalue weighted by molar-refractivity contribution is 6.37. The van der Waals surface area contributed by atoms with Gasteiger partial charge in [0.1, 0.15) is 11.6 Å². The van der Waals surface area contributed by atoms with Gasteiger partial charge in [0.2, 0.25) is 0 Å². The van der Waals surface area contributed by atoms with E-state index in [2.05, 4.69) is 4.98 Å². The van der Waals surface area contributed by atoms with E-state index < -0.39 is 0 Å². The standard InChI is InChI=1S/C12H10Cl2FN3/c1-18(10-5-3-2-4-9(10)15)12-8(14)6-7(13)11(16)17-12/h2-6H,1H3,(H2,16,17). The van der Waals surface area contributed by atoms with Crippen LogP contribution < -0.4 is 10.6 Å². The summed E-state index contributed by atoms with van der Waals surface area (Å²) in [4.78, 5) is 5.58. The Morgan fingerprint density at radius 3 is 2.56 bits per heavy atom. The van der Waals surface area contributed by atoms with Gasteiger partial charge in [0.05, 0.1) is 15.7 Å². The molecule has 0 spiro atoms. The Morgan fingerprint density at radius 1 is 1.22 bits per heavy atom. The first-order valence-corrected chi connectivity index (χ1v) is 5.86. The highest BCUT2D eigenvalue weighted by atomic mass is 35.5. The van der Waals surface area contributed by atoms with Crippen molar-refractivity contribution in [1.29, 1.82) is 0 Å². The van der Waals surface area contributed by atoms with Crippen molar-refractivity contribution >= 4 is 40.5 Å². The Balaban J connectivity index is 2.50. The maximum absolute atomic E-state index is 13.7. The third kappa shape index (κ3) is 2.35. The molecule has 94 valence electrons. The zero-order chi connectivity index (χ0) is 13.3. The molecular formula is C12H10Cl2FN3. The van der Waals surface area contributed by atoms with Gasteiger partial charge in [-0.25, -0.2) is 9.37 Å². The van der Waals surface area contributed by atoms with Crippen molar-refractivity contribution in [2.24, 2.45) is 0 Å². The van der Waals surface area contributed by atoms with E-state index in [-0.39, 0.29) is 16.7 Å². The van der Waals surface area contributed by atoms with Crippen molar-refractivity contribution < 1.29 is 4.39 Å². The van der Waals surface area contributed by atoms with E-state index in [0.717, 1.165) is 0 Å². The largest absolute Gasteiger partial charge is 0.382 e. The van der Waals surface area contributed by atoms with Gasteiger partial charge in [-0.05, 0) is 18.2 Å². The van der Waals surface area contributed by atoms with Crippen LogP contribution in [0.4, 0.5) is 21.7 Å². The van der Waals surface area contributed by atoms with Gasteiger partial charge < -0.3 is 10.6 Å². The number of nitrogen functional groups attached to an aromatic ring is 1. The lowest BCUT2D eigenvalue weighted by molar-refractivity contribution is 0.627. The zero-order valence-electron chi connectivity index (χ0n) is 9.49. The summed E-state index contributed by atoms with van der Waals surface area (Å²) >= 11 is 11.8. The number of benzene rings is 1. The first-order chi connectivity index (χ1) is 8.50. The molecule has 1 aromatic heterocycles. The number of nitrogens with zero attached hydrogens (tertiary/aromatic N) is 2. The van der Waals surface area contributed by atoms with Crippen LogP contribution in [-0.4, -0.2) is 12.0 Å². The molecule has 0 saturated heterocycles. The Bertz CT molecular complexity index is 590. The average molecular weight is 286 g/mol. The van der Waals surface area contributed by atoms with Gasteiger partial charge in [-0.1, -0.05) is 35.3 Å². The SMILES string of the molecule is CN(c1ccccc1F)c1nc(N)c(Cl)cc1Cl. The first kappa shape index (κ1) is 12.9. The summed E-state index contributed by atoms with van der Waals surface area (Å²) in [5, 5.41) is 0.575. The summed E-state index contributed by atoms with van der Waals surface area (Å²) in [6.07, 6.45) is 0. The van der Waals surface area contributed by atoms with Crippen molar-refractivity contribution in [1.82, 2.24) is 4.98 Å². The second-order valence-electron chi connectivity index (χ2n) is 3.67. The molecule has 1 aromatic carbocycles. The number of anilines is 3. The van der Waals surface area contributed by atoms with Gasteiger partial charge in [0.15, 0.2) is 5.82 Å². The molecule has 0 bridgehead atoms. The van der Waals surface area contributed by atoms with Crippen LogP contribution in [0.3, 0.4) is 0 Å². The Labute approximate surface area is 114 Å². The molecule has 6 heteroatoms. The predicted octanol–water partition coefficient (Wildman–Crippen LogP) is 3.88. The van der Waals surface area contributed by atoms with Crippen molar-refractivity contribution in [2.75, 3.05) is 17.7 Å². The van der Waals surface area contributed by atoms with E-state index in [4.69, 9.17) is 28.9 Å². The summed E-state index contributed by atoms with van der Waals surface area (Å²) < 4.78 is 13.7. The number of pyridine rings is 1. The fourth-order valence-corrected chi connectivity index (χ4v) is 2.03. The van der Waals surface area contributed by atoms with E-state index in [9.17, 15) is 4.39 Å². The molecule has 3 nitrogen and oxygen atoms in total. The van der Waals surface area contributed by atoms with Crippen LogP contribution in [0, 0.1) is 5.82 Å². The number of hydrogen-bond acceptors (Lipinski definition) is 3. The van der Waals surface area contributed by atoms with Crippen molar-refractivity contribution in [3.8, 4) is 0 Å². The van der Waals surface area contributed by atoms with Crippen LogP contribution in [0.2, 0.25) is 10.0 Å². The molecule has 0 aliphatic rings. The molecule has 1 heterocycles. The third-order valence-corrected chi connectivity index (χ3v) is 3.05. The van der Waals surface area contributed by atoms with Gasteiger partial charge in [0.25, 0.3) is 0 Å². The van der Waals surface area contributed by atoms with Gasteiger partial charge in [-0.3, -0.25) is 0 Å². The second kappa shape index (κ2) is 5.00. The average Bonchev–Trinajstić information content (AvgIpc) is 2.33. The van der Waals surface area contributed by atoms with Gasteiger partial charge in [-0.15, -0.1) is 0 Å². The van der Waals surface area contributed by atoms with Gasteiger partial charge in [0, 0.05) is 7.05 Å². The normalized spacial score (nSPS) is 10.4. The first-order valence-electron chi connectivity index (χ1n) is 5.10. The Morgan fingerprint density at radius 2 is 1.89 bits per heavy atom. The summed E-state index contributed by atoms with van der Waals surface area (Å²) in [5.41, 5.74) is 5.98. The maximum atomic E-state index is 13.7. The quantitative estimate of drug-likeness (QED) is 0.911. The molecule has 0 unspecified atom stereocenters. The molecule has 2 rings (SSSR count). The van der Waals surface area contributed by atoms with Crippen LogP contribution in [-0.2, 0) is 0 Å². The summed E-state index contributed by atoms with van der Waals surface area (Å²) in [6, 6.07) is 7.80. The zero-order valence-corrected chi connectivity index (χ0v) is 11.0. The molecule has 0 saturated carbocycles. The highest BCUT2D eigenvalue weighted by Crippen LogP contribution is 2.33. The van der Waals surface area contributed by atoms with Crippen LogP contribution in [0.25, 0.3) is 0 Å². The van der Waals surface area contributed by atoms with Crippen LogP contribution in [0.5, 0.6) is 0 Å². The fraction of sp³-hybridized carbons (Fsp3) is 0.0833. The minimum Gasteiger partial charge on any atom is -0.382 e. The lowest BCUT2D eigenvalue weighted by Gasteiger charge is -2.20. The minimum atomic E-state index is -0.369. The smallest absolute Gasteiger partial charge is 0.154 e. The lowest BCUT2D eigenvalue weighted by atomic mass is 10.3. The fourth-order valence-electron chi connectivity index (χ4n) is 1.54. The number of para-hydroxylation sites is 1.